The Morgan fingerprint density at radius 2 is 0.522 bits per heavy atom. The Kier molecular flexibility index (Phi) is 55.3. The fourth-order valence-electron chi connectivity index (χ4n) is 8.44. The molecule has 0 aromatic rings. The molecule has 0 rings (SSSR count). The van der Waals surface area contributed by atoms with Gasteiger partial charge in [0.15, 0.2) is 6.10 Å². The van der Waals surface area contributed by atoms with E-state index < -0.39 is 6.10 Å². The summed E-state index contributed by atoms with van der Waals surface area (Å²) in [6.07, 6.45) is 72.1. The van der Waals surface area contributed by atoms with Crippen LogP contribution < -0.4 is 0 Å². The maximum absolute atomic E-state index is 12.9. The molecule has 0 saturated heterocycles. The van der Waals surface area contributed by atoms with Crippen LogP contribution in [0.15, 0.2) is 60.8 Å². The van der Waals surface area contributed by atoms with Crippen LogP contribution in [0.1, 0.15) is 303 Å². The molecule has 69 heavy (non-hydrogen) atoms. The third-order valence-corrected chi connectivity index (χ3v) is 13.0. The molecule has 0 aromatic carbocycles. The zero-order valence-electron chi connectivity index (χ0n) is 45.8. The molecule has 1 unspecified atom stereocenters. The van der Waals surface area contributed by atoms with Crippen molar-refractivity contribution in [2.24, 2.45) is 0 Å². The van der Waals surface area contributed by atoms with Crippen LogP contribution in [0.2, 0.25) is 0 Å². The Hall–Kier alpha value is -2.89. The van der Waals surface area contributed by atoms with Crippen molar-refractivity contribution in [3.8, 4) is 0 Å². The van der Waals surface area contributed by atoms with Crippen LogP contribution in [0.3, 0.4) is 0 Å². The summed E-state index contributed by atoms with van der Waals surface area (Å²) < 4.78 is 16.9. The minimum Gasteiger partial charge on any atom is -0.462 e. The van der Waals surface area contributed by atoms with E-state index in [0.29, 0.717) is 19.3 Å². The van der Waals surface area contributed by atoms with Crippen LogP contribution in [0.5, 0.6) is 0 Å². The molecule has 0 amide bonds. The van der Waals surface area contributed by atoms with Crippen molar-refractivity contribution in [1.29, 1.82) is 0 Å². The zero-order valence-corrected chi connectivity index (χ0v) is 45.8. The van der Waals surface area contributed by atoms with E-state index in [1.165, 1.54) is 161 Å². The lowest BCUT2D eigenvalue weighted by molar-refractivity contribution is -0.167. The summed E-state index contributed by atoms with van der Waals surface area (Å²) in [4.78, 5) is 38.2. The van der Waals surface area contributed by atoms with Gasteiger partial charge in [0.2, 0.25) is 0 Å². The number of ether oxygens (including phenoxy) is 3. The SMILES string of the molecule is CCCCCC/C=C\C/C=C\CCCCCCCC(=O)OCC(COC(=O)CCCCCCCCCCC/C=C\CCCCCCCC)OC(=O)CCCCCCC/C=C\C/C=C\CCCCCC. The molecule has 0 aliphatic rings. The van der Waals surface area contributed by atoms with Crippen LogP contribution in [-0.4, -0.2) is 37.2 Å². The van der Waals surface area contributed by atoms with Crippen molar-refractivity contribution in [2.75, 3.05) is 13.2 Å². The average Bonchev–Trinajstić information content (AvgIpc) is 3.35. The van der Waals surface area contributed by atoms with Crippen LogP contribution in [0.4, 0.5) is 0 Å². The van der Waals surface area contributed by atoms with E-state index in [1.54, 1.807) is 0 Å². The smallest absolute Gasteiger partial charge is 0.306 e. The van der Waals surface area contributed by atoms with Gasteiger partial charge in [0.1, 0.15) is 13.2 Å². The number of allylic oxidation sites excluding steroid dienone is 10. The monoisotopic (exact) mass is 965 g/mol. The molecule has 0 heterocycles. The lowest BCUT2D eigenvalue weighted by atomic mass is 10.1. The number of esters is 3. The molecule has 0 spiro atoms. The van der Waals surface area contributed by atoms with Crippen molar-refractivity contribution in [3.05, 3.63) is 60.8 Å². The average molecular weight is 966 g/mol. The summed E-state index contributed by atoms with van der Waals surface area (Å²) in [6, 6.07) is 0. The van der Waals surface area contributed by atoms with E-state index in [4.69, 9.17) is 14.2 Å². The second-order valence-corrected chi connectivity index (χ2v) is 19.9. The third kappa shape index (κ3) is 55.9. The second-order valence-electron chi connectivity index (χ2n) is 19.9. The van der Waals surface area contributed by atoms with Crippen molar-refractivity contribution in [1.82, 2.24) is 0 Å². The van der Waals surface area contributed by atoms with Gasteiger partial charge in [0, 0.05) is 19.3 Å². The maximum atomic E-state index is 12.9. The first-order chi connectivity index (χ1) is 34.0. The number of unbranched alkanes of at least 4 members (excludes halogenated alkanes) is 33. The van der Waals surface area contributed by atoms with Gasteiger partial charge in [-0.05, 0) is 109 Å². The summed E-state index contributed by atoms with van der Waals surface area (Å²) in [5.74, 6) is -0.903. The van der Waals surface area contributed by atoms with Gasteiger partial charge in [0.05, 0.1) is 0 Å². The first kappa shape index (κ1) is 66.1. The van der Waals surface area contributed by atoms with Gasteiger partial charge in [-0.15, -0.1) is 0 Å². The normalized spacial score (nSPS) is 12.4. The largest absolute Gasteiger partial charge is 0.462 e. The van der Waals surface area contributed by atoms with Crippen LogP contribution >= 0.6 is 0 Å². The van der Waals surface area contributed by atoms with Crippen molar-refractivity contribution >= 4 is 17.9 Å². The zero-order chi connectivity index (χ0) is 50.0. The third-order valence-electron chi connectivity index (χ3n) is 13.0. The molecule has 0 aromatic heterocycles. The summed E-state index contributed by atoms with van der Waals surface area (Å²) in [5, 5.41) is 0. The molecule has 6 heteroatoms. The Morgan fingerprint density at radius 1 is 0.290 bits per heavy atom. The highest BCUT2D eigenvalue weighted by molar-refractivity contribution is 5.71. The Morgan fingerprint density at radius 3 is 0.826 bits per heavy atom. The van der Waals surface area contributed by atoms with Gasteiger partial charge in [0.25, 0.3) is 0 Å². The lowest BCUT2D eigenvalue weighted by Crippen LogP contribution is -2.30. The molecular weight excluding hydrogens is 853 g/mol. The van der Waals surface area contributed by atoms with Gasteiger partial charge < -0.3 is 14.2 Å². The first-order valence-corrected chi connectivity index (χ1v) is 29.8. The summed E-state index contributed by atoms with van der Waals surface area (Å²) in [7, 11) is 0. The summed E-state index contributed by atoms with van der Waals surface area (Å²) >= 11 is 0. The number of rotatable bonds is 54. The summed E-state index contributed by atoms with van der Waals surface area (Å²) in [5.41, 5.74) is 0. The highest BCUT2D eigenvalue weighted by Crippen LogP contribution is 2.15. The molecule has 400 valence electrons. The van der Waals surface area contributed by atoms with Crippen molar-refractivity contribution in [2.45, 2.75) is 309 Å². The topological polar surface area (TPSA) is 78.9 Å². The van der Waals surface area contributed by atoms with Crippen molar-refractivity contribution in [3.63, 3.8) is 0 Å². The molecule has 0 aliphatic carbocycles. The van der Waals surface area contributed by atoms with Gasteiger partial charge in [-0.3, -0.25) is 14.4 Å². The second kappa shape index (κ2) is 57.7. The van der Waals surface area contributed by atoms with E-state index in [9.17, 15) is 14.4 Å². The predicted octanol–water partition coefficient (Wildman–Crippen LogP) is 20.0. The van der Waals surface area contributed by atoms with E-state index in [0.717, 1.165) is 103 Å². The molecule has 0 N–H and O–H groups in total. The Balaban J connectivity index is 4.40. The van der Waals surface area contributed by atoms with Crippen LogP contribution in [0, 0.1) is 0 Å². The Labute approximate surface area is 428 Å². The highest BCUT2D eigenvalue weighted by atomic mass is 16.6. The van der Waals surface area contributed by atoms with Crippen molar-refractivity contribution < 1.29 is 28.6 Å². The molecule has 0 aliphatic heterocycles. The number of hydrogen-bond donors (Lipinski definition) is 0. The Bertz CT molecular complexity index is 1250. The number of carbonyl (C=O) groups is 3. The van der Waals surface area contributed by atoms with Gasteiger partial charge in [-0.25, -0.2) is 0 Å². The molecule has 0 fully saturated rings. The molecule has 0 bridgehead atoms. The minimum absolute atomic E-state index is 0.0845. The predicted molar refractivity (Wildman–Crippen MR) is 298 cm³/mol. The van der Waals surface area contributed by atoms with Crippen LogP contribution in [0.25, 0.3) is 0 Å². The highest BCUT2D eigenvalue weighted by Gasteiger charge is 2.19. The van der Waals surface area contributed by atoms with E-state index in [2.05, 4.69) is 81.5 Å². The maximum Gasteiger partial charge on any atom is 0.306 e. The molecule has 1 atom stereocenters. The first-order valence-electron chi connectivity index (χ1n) is 29.8. The molecule has 0 saturated carbocycles. The number of hydrogen-bond acceptors (Lipinski definition) is 6. The molecule has 6 nitrogen and oxygen atoms in total. The summed E-state index contributed by atoms with van der Waals surface area (Å²) in [6.45, 7) is 6.60. The lowest BCUT2D eigenvalue weighted by Gasteiger charge is -2.18. The quantitative estimate of drug-likeness (QED) is 0.0262. The van der Waals surface area contributed by atoms with Gasteiger partial charge in [-0.1, -0.05) is 236 Å². The van der Waals surface area contributed by atoms with E-state index >= 15 is 0 Å². The standard InChI is InChI=1S/C63H112O6/c1-4-7-10-13-16-19-22-25-28-31-32-33-36-38-41-44-47-50-53-56-62(65)68-59-60(69-63(66)57-54-51-48-45-42-39-35-30-27-24-21-18-15-12-9-6-3)58-67-61(64)55-52-49-46-43-40-37-34-29-26-23-20-17-14-11-8-5-2/h20-21,23-25,28-30,34-35,60H,4-19,22,26-27,31-33,36-59H2,1-3H3/b23-20-,24-21-,28-25-,34-29-,35-30-. The number of carbonyl (C=O) groups excluding carboxylic acids is 3. The minimum atomic E-state index is -0.788. The molecule has 0 radical (unpaired) electrons. The van der Waals surface area contributed by atoms with Gasteiger partial charge >= 0.3 is 17.9 Å². The van der Waals surface area contributed by atoms with E-state index in [1.807, 2.05) is 0 Å². The fourth-order valence-corrected chi connectivity index (χ4v) is 8.44. The van der Waals surface area contributed by atoms with E-state index in [-0.39, 0.29) is 31.1 Å². The molecular formula is C63H112O6. The van der Waals surface area contributed by atoms with Gasteiger partial charge in [-0.2, -0.15) is 0 Å². The van der Waals surface area contributed by atoms with Crippen LogP contribution in [-0.2, 0) is 28.6 Å². The fraction of sp³-hybridized carbons (Fsp3) is 0.794.